The Bertz CT molecular complexity index is 1090. The van der Waals surface area contributed by atoms with Crippen molar-refractivity contribution in [1.29, 1.82) is 0 Å². The number of aromatic nitrogens is 3. The number of carbonyl (C=O) groups excluding carboxylic acids is 1. The van der Waals surface area contributed by atoms with E-state index in [2.05, 4.69) is 34.6 Å². The lowest BCUT2D eigenvalue weighted by Gasteiger charge is -2.10. The third-order valence-corrected chi connectivity index (χ3v) is 4.22. The minimum absolute atomic E-state index is 0.230. The Balaban J connectivity index is 1.55. The first-order valence-electron chi connectivity index (χ1n) is 8.51. The number of benzene rings is 2. The smallest absolute Gasteiger partial charge is 0.307 e. The van der Waals surface area contributed by atoms with Gasteiger partial charge < -0.3 is 10.6 Å². The molecule has 0 radical (unpaired) electrons. The van der Waals surface area contributed by atoms with Crippen LogP contribution in [0.5, 0.6) is 0 Å². The van der Waals surface area contributed by atoms with Crippen LogP contribution in [-0.2, 0) is 0 Å². The highest BCUT2D eigenvalue weighted by molar-refractivity contribution is 6.06. The average molecular weight is 345 g/mol. The molecule has 0 aliphatic carbocycles. The van der Waals surface area contributed by atoms with Crippen LogP contribution in [0.1, 0.15) is 19.9 Å². The third-order valence-electron chi connectivity index (χ3n) is 4.22. The van der Waals surface area contributed by atoms with E-state index in [1.807, 2.05) is 53.2 Å². The van der Waals surface area contributed by atoms with Crippen molar-refractivity contribution in [3.05, 3.63) is 60.9 Å². The molecule has 0 bridgehead atoms. The number of anilines is 2. The molecule has 0 spiro atoms. The summed E-state index contributed by atoms with van der Waals surface area (Å²) in [5, 5.41) is 13.1. The number of hydrogen-bond acceptors (Lipinski definition) is 3. The van der Waals surface area contributed by atoms with Crippen LogP contribution in [0.2, 0.25) is 0 Å². The molecule has 26 heavy (non-hydrogen) atoms. The molecule has 2 heterocycles. The van der Waals surface area contributed by atoms with Gasteiger partial charge in [0.15, 0.2) is 5.65 Å². The zero-order valence-corrected chi connectivity index (χ0v) is 14.6. The fourth-order valence-electron chi connectivity index (χ4n) is 3.01. The first-order valence-corrected chi connectivity index (χ1v) is 8.51. The van der Waals surface area contributed by atoms with Crippen LogP contribution in [0, 0.1) is 0 Å². The van der Waals surface area contributed by atoms with Gasteiger partial charge in [-0.25, -0.2) is 14.5 Å². The van der Waals surface area contributed by atoms with Crippen LogP contribution in [0.3, 0.4) is 0 Å². The highest BCUT2D eigenvalue weighted by atomic mass is 16.2. The maximum absolute atomic E-state index is 12.4. The van der Waals surface area contributed by atoms with Crippen molar-refractivity contribution in [1.82, 2.24) is 14.8 Å². The van der Waals surface area contributed by atoms with Crippen LogP contribution >= 0.6 is 0 Å². The molecule has 6 nitrogen and oxygen atoms in total. The van der Waals surface area contributed by atoms with Crippen molar-refractivity contribution in [2.75, 3.05) is 10.6 Å². The summed E-state index contributed by atoms with van der Waals surface area (Å²) in [5.74, 6) is 0. The van der Waals surface area contributed by atoms with Crippen LogP contribution in [0.25, 0.3) is 21.8 Å². The van der Waals surface area contributed by atoms with E-state index in [4.69, 9.17) is 0 Å². The van der Waals surface area contributed by atoms with Crippen molar-refractivity contribution in [3.8, 4) is 0 Å². The van der Waals surface area contributed by atoms with Gasteiger partial charge in [-0.1, -0.05) is 36.4 Å². The Morgan fingerprint density at radius 1 is 1.00 bits per heavy atom. The Morgan fingerprint density at radius 3 is 2.65 bits per heavy atom. The second-order valence-electron chi connectivity index (χ2n) is 6.43. The van der Waals surface area contributed by atoms with Crippen molar-refractivity contribution in [2.24, 2.45) is 0 Å². The highest BCUT2D eigenvalue weighted by Gasteiger charge is 2.10. The Hall–Kier alpha value is -3.41. The average Bonchev–Trinajstić information content (AvgIpc) is 3.05. The summed E-state index contributed by atoms with van der Waals surface area (Å²) in [5.41, 5.74) is 2.20. The summed E-state index contributed by atoms with van der Waals surface area (Å²) in [7, 11) is 0. The van der Waals surface area contributed by atoms with Gasteiger partial charge in [0.2, 0.25) is 0 Å². The lowest BCUT2D eigenvalue weighted by Crippen LogP contribution is -2.19. The highest BCUT2D eigenvalue weighted by Crippen LogP contribution is 2.23. The Kier molecular flexibility index (Phi) is 4.01. The van der Waals surface area contributed by atoms with Crippen molar-refractivity contribution in [3.63, 3.8) is 0 Å². The second-order valence-corrected chi connectivity index (χ2v) is 6.43. The molecule has 0 fully saturated rings. The number of pyridine rings is 1. The molecule has 0 atom stereocenters. The van der Waals surface area contributed by atoms with Gasteiger partial charge in [0.05, 0.1) is 23.8 Å². The van der Waals surface area contributed by atoms with Crippen LogP contribution in [0.4, 0.5) is 16.2 Å². The number of fused-ring (bicyclic) bond motifs is 2. The molecule has 2 aromatic carbocycles. The molecule has 2 N–H and O–H groups in total. The molecule has 0 saturated heterocycles. The van der Waals surface area contributed by atoms with E-state index in [0.29, 0.717) is 5.69 Å². The maximum Gasteiger partial charge on any atom is 0.323 e. The molecule has 0 aliphatic rings. The van der Waals surface area contributed by atoms with Gasteiger partial charge in [0.1, 0.15) is 0 Å². The number of hydrogen-bond donors (Lipinski definition) is 2. The fourth-order valence-corrected chi connectivity index (χ4v) is 3.01. The summed E-state index contributed by atoms with van der Waals surface area (Å²) in [6.45, 7) is 4.11. The quantitative estimate of drug-likeness (QED) is 0.560. The van der Waals surface area contributed by atoms with Gasteiger partial charge >= 0.3 is 6.03 Å². The van der Waals surface area contributed by atoms with Crippen LogP contribution in [0.15, 0.2) is 60.9 Å². The summed E-state index contributed by atoms with van der Waals surface area (Å²) in [6.07, 6.45) is 3.40. The number of rotatable bonds is 3. The molecule has 2 aromatic heterocycles. The summed E-state index contributed by atoms with van der Waals surface area (Å²) in [6, 6.07) is 15.6. The molecule has 0 aliphatic heterocycles. The first-order chi connectivity index (χ1) is 12.6. The molecule has 130 valence electrons. The standard InChI is InChI=1S/C20H19N5O/c1-13(2)25-19-15(11-22-25)10-16(12-21-19)23-20(26)24-18-9-5-7-14-6-3-4-8-17(14)18/h3-13H,1-2H3,(H2,23,24,26). The van der Waals surface area contributed by atoms with Crippen molar-refractivity contribution >= 4 is 39.2 Å². The maximum atomic E-state index is 12.4. The van der Waals surface area contributed by atoms with Crippen molar-refractivity contribution in [2.45, 2.75) is 19.9 Å². The first kappa shape index (κ1) is 16.1. The number of amides is 2. The number of nitrogens with zero attached hydrogens (tertiary/aromatic N) is 3. The predicted molar refractivity (Wildman–Crippen MR) is 105 cm³/mol. The predicted octanol–water partition coefficient (Wildman–Crippen LogP) is 4.81. The Labute approximate surface area is 150 Å². The molecule has 4 rings (SSSR count). The summed E-state index contributed by atoms with van der Waals surface area (Å²) < 4.78 is 1.86. The summed E-state index contributed by atoms with van der Waals surface area (Å²) >= 11 is 0. The molecule has 2 amide bonds. The van der Waals surface area contributed by atoms with E-state index in [1.165, 1.54) is 0 Å². The number of nitrogens with one attached hydrogen (secondary N) is 2. The zero-order chi connectivity index (χ0) is 18.1. The van der Waals surface area contributed by atoms with Gasteiger partial charge in [0.25, 0.3) is 0 Å². The largest absolute Gasteiger partial charge is 0.323 e. The number of urea groups is 1. The normalized spacial score (nSPS) is 11.2. The molecule has 4 aromatic rings. The van der Waals surface area contributed by atoms with Gasteiger partial charge in [0, 0.05) is 16.8 Å². The zero-order valence-electron chi connectivity index (χ0n) is 14.6. The van der Waals surface area contributed by atoms with Gasteiger partial charge in [-0.05, 0) is 31.4 Å². The molecular weight excluding hydrogens is 326 g/mol. The molecule has 6 heteroatoms. The van der Waals surface area contributed by atoms with E-state index in [1.54, 1.807) is 12.4 Å². The monoisotopic (exact) mass is 345 g/mol. The second kappa shape index (κ2) is 6.48. The fraction of sp³-hybridized carbons (Fsp3) is 0.150. The molecule has 0 saturated carbocycles. The van der Waals surface area contributed by atoms with E-state index in [0.717, 1.165) is 27.5 Å². The van der Waals surface area contributed by atoms with E-state index < -0.39 is 0 Å². The molecule has 0 unspecified atom stereocenters. The van der Waals surface area contributed by atoms with E-state index >= 15 is 0 Å². The number of carbonyl (C=O) groups is 1. The third kappa shape index (κ3) is 2.97. The van der Waals surface area contributed by atoms with Gasteiger partial charge in [-0.15, -0.1) is 0 Å². The van der Waals surface area contributed by atoms with E-state index in [-0.39, 0.29) is 12.1 Å². The Morgan fingerprint density at radius 2 is 1.81 bits per heavy atom. The SMILES string of the molecule is CC(C)n1ncc2cc(NC(=O)Nc3cccc4ccccc34)cnc21. The summed E-state index contributed by atoms with van der Waals surface area (Å²) in [4.78, 5) is 16.8. The van der Waals surface area contributed by atoms with E-state index in [9.17, 15) is 4.79 Å². The minimum Gasteiger partial charge on any atom is -0.307 e. The van der Waals surface area contributed by atoms with Gasteiger partial charge in [-0.3, -0.25) is 0 Å². The van der Waals surface area contributed by atoms with Crippen molar-refractivity contribution < 1.29 is 4.79 Å². The van der Waals surface area contributed by atoms with Gasteiger partial charge in [-0.2, -0.15) is 5.10 Å². The lowest BCUT2D eigenvalue weighted by molar-refractivity contribution is 0.262. The lowest BCUT2D eigenvalue weighted by atomic mass is 10.1. The molecular formula is C20H19N5O. The topological polar surface area (TPSA) is 71.8 Å². The van der Waals surface area contributed by atoms with Crippen LogP contribution < -0.4 is 10.6 Å². The minimum atomic E-state index is -0.307. The van der Waals surface area contributed by atoms with Crippen LogP contribution in [-0.4, -0.2) is 20.8 Å².